The van der Waals surface area contributed by atoms with Crippen LogP contribution in [0.5, 0.6) is 0 Å². The fraction of sp³-hybridized carbons (Fsp3) is 0.333. The van der Waals surface area contributed by atoms with Gasteiger partial charge in [-0.05, 0) is 39.6 Å². The Balaban J connectivity index is 3.35. The first-order valence-corrected chi connectivity index (χ1v) is 8.67. The zero-order valence-corrected chi connectivity index (χ0v) is 11.1. The summed E-state index contributed by atoms with van der Waals surface area (Å²) in [4.78, 5) is 1.31. The van der Waals surface area contributed by atoms with Crippen molar-refractivity contribution in [3.63, 3.8) is 0 Å². The summed E-state index contributed by atoms with van der Waals surface area (Å²) in [5, 5.41) is 0. The minimum Gasteiger partial charge on any atom is -0.612 e. The molecule has 0 aliphatic rings. The Kier molecular flexibility index (Phi) is 4.82. The highest BCUT2D eigenvalue weighted by atomic mass is 32.2. The smallest absolute Gasteiger partial charge is 0.261 e. The monoisotopic (exact) mass is 263 g/mol. The summed E-state index contributed by atoms with van der Waals surface area (Å²) in [6.07, 6.45) is 4.49. The Hall–Kier alpha value is 0.150. The highest BCUT2D eigenvalue weighted by Crippen LogP contribution is 2.27. The molecule has 1 rings (SSSR count). The molecule has 6 heteroatoms. The molecule has 0 N–H and O–H groups in total. The van der Waals surface area contributed by atoms with E-state index in [4.69, 9.17) is 0 Å². The quantitative estimate of drug-likeness (QED) is 0.754. The van der Waals surface area contributed by atoms with E-state index in [-0.39, 0.29) is 0 Å². The molecule has 0 saturated heterocycles. The summed E-state index contributed by atoms with van der Waals surface area (Å²) in [6, 6.07) is 5.83. The molecule has 0 bridgehead atoms. The molecule has 3 atom stereocenters. The van der Waals surface area contributed by atoms with Crippen LogP contribution in [-0.2, 0) is 33.5 Å². The molecule has 0 spiro atoms. The van der Waals surface area contributed by atoms with Crippen molar-refractivity contribution in [2.45, 2.75) is 14.7 Å². The maximum absolute atomic E-state index is 11.5. The molecular weight excluding hydrogens is 252 g/mol. The van der Waals surface area contributed by atoms with Gasteiger partial charge in [-0.3, -0.25) is 0 Å². The SMILES string of the molecule is C[S+]([O-])c1c[c]cc([S+](C)[O-])c1[S+](C)[O-]. The zero-order valence-electron chi connectivity index (χ0n) is 8.60. The van der Waals surface area contributed by atoms with Crippen LogP contribution in [0.25, 0.3) is 0 Å². The summed E-state index contributed by atoms with van der Waals surface area (Å²) < 4.78 is 34.3. The topological polar surface area (TPSA) is 69.2 Å². The van der Waals surface area contributed by atoms with E-state index in [2.05, 4.69) is 6.07 Å². The van der Waals surface area contributed by atoms with Crippen LogP contribution in [0.15, 0.2) is 26.8 Å². The zero-order chi connectivity index (χ0) is 11.6. The molecule has 3 unspecified atom stereocenters. The van der Waals surface area contributed by atoms with Crippen molar-refractivity contribution in [3.05, 3.63) is 18.2 Å². The Labute approximate surface area is 98.8 Å². The number of hydrogen-bond acceptors (Lipinski definition) is 3. The van der Waals surface area contributed by atoms with Crippen molar-refractivity contribution in [1.82, 2.24) is 0 Å². The molecule has 0 aliphatic carbocycles. The van der Waals surface area contributed by atoms with Crippen LogP contribution >= 0.6 is 0 Å². The lowest BCUT2D eigenvalue weighted by Crippen LogP contribution is -2.13. The molecule has 0 heterocycles. The van der Waals surface area contributed by atoms with Gasteiger partial charge >= 0.3 is 0 Å². The molecule has 1 radical (unpaired) electrons. The number of rotatable bonds is 3. The van der Waals surface area contributed by atoms with E-state index in [9.17, 15) is 13.7 Å². The second kappa shape index (κ2) is 5.47. The molecule has 0 aromatic heterocycles. The van der Waals surface area contributed by atoms with E-state index in [0.29, 0.717) is 14.7 Å². The number of benzene rings is 1. The largest absolute Gasteiger partial charge is 0.612 e. The lowest BCUT2D eigenvalue weighted by atomic mass is 10.4. The molecule has 0 aliphatic heterocycles. The average Bonchev–Trinajstić information content (AvgIpc) is 2.16. The fourth-order valence-electron chi connectivity index (χ4n) is 1.16. The van der Waals surface area contributed by atoms with Crippen LogP contribution in [0.2, 0.25) is 0 Å². The first-order valence-electron chi connectivity index (χ1n) is 3.99. The summed E-state index contributed by atoms with van der Waals surface area (Å²) in [7, 11) is 0. The van der Waals surface area contributed by atoms with Crippen molar-refractivity contribution in [2.75, 3.05) is 18.8 Å². The van der Waals surface area contributed by atoms with Crippen molar-refractivity contribution in [3.8, 4) is 0 Å². The summed E-state index contributed by atoms with van der Waals surface area (Å²) >= 11 is -3.79. The van der Waals surface area contributed by atoms with Gasteiger partial charge in [-0.15, -0.1) is 0 Å². The van der Waals surface area contributed by atoms with Crippen LogP contribution in [0, 0.1) is 6.07 Å². The van der Waals surface area contributed by atoms with Crippen molar-refractivity contribution < 1.29 is 13.7 Å². The van der Waals surface area contributed by atoms with Crippen LogP contribution in [0.4, 0.5) is 0 Å². The first-order chi connectivity index (χ1) is 6.95. The van der Waals surface area contributed by atoms with Crippen LogP contribution in [0.1, 0.15) is 0 Å². The minimum absolute atomic E-state index is 0.412. The molecule has 0 saturated carbocycles. The fourth-order valence-corrected chi connectivity index (χ4v) is 4.52. The average molecular weight is 263 g/mol. The van der Waals surface area contributed by atoms with E-state index in [1.165, 1.54) is 30.9 Å². The van der Waals surface area contributed by atoms with Gasteiger partial charge in [0, 0.05) is 12.1 Å². The molecule has 0 amide bonds. The van der Waals surface area contributed by atoms with Gasteiger partial charge in [0.05, 0.1) is 0 Å². The second-order valence-corrected chi connectivity index (χ2v) is 6.89. The molecule has 3 nitrogen and oxygen atoms in total. The van der Waals surface area contributed by atoms with Gasteiger partial charge in [0.1, 0.15) is 18.8 Å². The Morgan fingerprint density at radius 1 is 0.867 bits per heavy atom. The Morgan fingerprint density at radius 2 is 1.27 bits per heavy atom. The van der Waals surface area contributed by atoms with Crippen molar-refractivity contribution in [2.24, 2.45) is 0 Å². The third-order valence-corrected chi connectivity index (χ3v) is 4.94. The lowest BCUT2D eigenvalue weighted by Gasteiger charge is -2.14. The van der Waals surface area contributed by atoms with E-state index in [1.54, 1.807) is 0 Å². The molecule has 83 valence electrons. The highest BCUT2D eigenvalue weighted by Gasteiger charge is 2.29. The standard InChI is InChI=1S/C9H11O3S3/c1-13(10)7-5-4-6-8(14(2)11)9(7)15(3)12/h5-6H,1-3H3. The highest BCUT2D eigenvalue weighted by molar-refractivity contribution is 7.95. The molecule has 15 heavy (non-hydrogen) atoms. The maximum Gasteiger partial charge on any atom is 0.261 e. The lowest BCUT2D eigenvalue weighted by molar-refractivity contribution is 0.579. The van der Waals surface area contributed by atoms with Gasteiger partial charge < -0.3 is 13.7 Å². The van der Waals surface area contributed by atoms with Gasteiger partial charge in [-0.2, -0.15) is 0 Å². The third-order valence-electron chi connectivity index (χ3n) is 1.78. The van der Waals surface area contributed by atoms with E-state index < -0.39 is 33.5 Å². The van der Waals surface area contributed by atoms with Gasteiger partial charge in [0.25, 0.3) is 4.90 Å². The van der Waals surface area contributed by atoms with Crippen LogP contribution in [-0.4, -0.2) is 32.4 Å². The normalized spacial score (nSPS) is 17.2. The minimum atomic E-state index is -1.30. The second-order valence-electron chi connectivity index (χ2n) is 2.88. The van der Waals surface area contributed by atoms with E-state index in [1.807, 2.05) is 0 Å². The Morgan fingerprint density at radius 3 is 1.53 bits per heavy atom. The Bertz CT molecular complexity index is 313. The number of hydrogen-bond donors (Lipinski definition) is 0. The van der Waals surface area contributed by atoms with Gasteiger partial charge in [-0.25, -0.2) is 0 Å². The summed E-state index contributed by atoms with van der Waals surface area (Å²) in [5.74, 6) is 0. The van der Waals surface area contributed by atoms with Gasteiger partial charge in [0.15, 0.2) is 0 Å². The van der Waals surface area contributed by atoms with E-state index in [0.717, 1.165) is 0 Å². The van der Waals surface area contributed by atoms with E-state index >= 15 is 0 Å². The van der Waals surface area contributed by atoms with Crippen molar-refractivity contribution in [1.29, 1.82) is 0 Å². The molecule has 1 aromatic carbocycles. The van der Waals surface area contributed by atoms with Gasteiger partial charge in [-0.1, -0.05) is 0 Å². The third kappa shape index (κ3) is 3.05. The predicted molar refractivity (Wildman–Crippen MR) is 62.3 cm³/mol. The summed E-state index contributed by atoms with van der Waals surface area (Å²) in [5.41, 5.74) is 0. The maximum atomic E-state index is 11.5. The van der Waals surface area contributed by atoms with Crippen LogP contribution in [0.3, 0.4) is 0 Å². The van der Waals surface area contributed by atoms with Crippen molar-refractivity contribution >= 4 is 33.5 Å². The first kappa shape index (κ1) is 13.2. The molecular formula is C9H11O3S3. The van der Waals surface area contributed by atoms with Gasteiger partial charge in [0.2, 0.25) is 9.79 Å². The molecule has 0 fully saturated rings. The van der Waals surface area contributed by atoms with Crippen LogP contribution < -0.4 is 0 Å². The summed E-state index contributed by atoms with van der Waals surface area (Å²) in [6.45, 7) is 0. The predicted octanol–water partition coefficient (Wildman–Crippen LogP) is 0.699. The molecule has 1 aromatic rings.